The number of furan rings is 1. The molecule has 3 amide bonds. The molecular formula is C24H16F6N2O4. The summed E-state index contributed by atoms with van der Waals surface area (Å²) in [7, 11) is 1.16. The lowest BCUT2D eigenvalue weighted by Crippen LogP contribution is -2.46. The molecule has 0 bridgehead atoms. The van der Waals surface area contributed by atoms with Crippen molar-refractivity contribution < 1.29 is 45.1 Å². The number of likely N-dealkylation sites (N-methyl/N-ethyl adjacent to an activating group) is 1. The summed E-state index contributed by atoms with van der Waals surface area (Å²) in [6.07, 6.45) is -9.11. The normalized spacial score (nSPS) is 18.1. The van der Waals surface area contributed by atoms with E-state index < -0.39 is 58.7 Å². The Hall–Kier alpha value is -4.09. The average molecular weight is 510 g/mol. The van der Waals surface area contributed by atoms with Gasteiger partial charge in [-0.3, -0.25) is 19.7 Å². The Morgan fingerprint density at radius 1 is 0.917 bits per heavy atom. The van der Waals surface area contributed by atoms with Crippen molar-refractivity contribution in [2.45, 2.75) is 24.3 Å². The van der Waals surface area contributed by atoms with Crippen LogP contribution >= 0.6 is 0 Å². The number of imide groups is 1. The minimum Gasteiger partial charge on any atom is -0.459 e. The van der Waals surface area contributed by atoms with E-state index in [-0.39, 0.29) is 23.0 Å². The van der Waals surface area contributed by atoms with E-state index in [4.69, 9.17) is 4.42 Å². The van der Waals surface area contributed by atoms with Gasteiger partial charge in [-0.2, -0.15) is 26.3 Å². The lowest BCUT2D eigenvalue weighted by Gasteiger charge is -2.40. The van der Waals surface area contributed by atoms with Crippen LogP contribution in [0.1, 0.15) is 55.1 Å². The number of nitrogens with zero attached hydrogens (tertiary/aromatic N) is 1. The van der Waals surface area contributed by atoms with Gasteiger partial charge in [0.15, 0.2) is 5.76 Å². The predicted octanol–water partition coefficient (Wildman–Crippen LogP) is 5.18. The van der Waals surface area contributed by atoms with Gasteiger partial charge in [0.1, 0.15) is 0 Å². The number of rotatable bonds is 3. The third-order valence-corrected chi connectivity index (χ3v) is 5.80. The summed E-state index contributed by atoms with van der Waals surface area (Å²) in [5, 5.41) is 2.06. The van der Waals surface area contributed by atoms with E-state index in [0.717, 1.165) is 11.9 Å². The number of carbonyl (C=O) groups excluding carboxylic acids is 3. The number of hydrogen-bond donors (Lipinski definition) is 1. The van der Waals surface area contributed by atoms with E-state index in [9.17, 15) is 40.7 Å². The second-order valence-corrected chi connectivity index (χ2v) is 8.06. The van der Waals surface area contributed by atoms with Crippen molar-refractivity contribution in [3.63, 3.8) is 0 Å². The number of hydrogen-bond acceptors (Lipinski definition) is 4. The molecule has 0 saturated carbocycles. The first kappa shape index (κ1) is 25.0. The van der Waals surface area contributed by atoms with Crippen LogP contribution in [0, 0.1) is 0 Å². The fraction of sp³-hybridized carbons (Fsp3) is 0.208. The summed E-state index contributed by atoms with van der Waals surface area (Å²) in [5.41, 5.74) is -3.71. The largest absolute Gasteiger partial charge is 0.459 e. The highest BCUT2D eigenvalue weighted by molar-refractivity contribution is 6.07. The quantitative estimate of drug-likeness (QED) is 0.389. The summed E-state index contributed by atoms with van der Waals surface area (Å²) >= 11 is 0. The Labute approximate surface area is 199 Å². The molecule has 4 rings (SSSR count). The Balaban J connectivity index is 1.89. The second-order valence-electron chi connectivity index (χ2n) is 8.06. The molecule has 1 aliphatic rings. The molecule has 36 heavy (non-hydrogen) atoms. The molecule has 0 saturated heterocycles. The topological polar surface area (TPSA) is 79.6 Å². The van der Waals surface area contributed by atoms with Crippen molar-refractivity contribution >= 4 is 17.7 Å². The molecule has 0 unspecified atom stereocenters. The van der Waals surface area contributed by atoms with Gasteiger partial charge in [0.2, 0.25) is 5.91 Å². The van der Waals surface area contributed by atoms with Crippen LogP contribution < -0.4 is 5.32 Å². The Kier molecular flexibility index (Phi) is 6.15. The van der Waals surface area contributed by atoms with Gasteiger partial charge < -0.3 is 9.32 Å². The smallest absolute Gasteiger partial charge is 0.416 e. The molecule has 12 heteroatoms. The van der Waals surface area contributed by atoms with Gasteiger partial charge in [-0.05, 0) is 47.5 Å². The third kappa shape index (κ3) is 4.58. The number of nitrogens with one attached hydrogen (secondary N) is 1. The lowest BCUT2D eigenvalue weighted by atomic mass is 9.78. The zero-order chi connectivity index (χ0) is 26.4. The van der Waals surface area contributed by atoms with Gasteiger partial charge in [0, 0.05) is 12.6 Å². The summed E-state index contributed by atoms with van der Waals surface area (Å²) in [5.74, 6) is -4.50. The van der Waals surface area contributed by atoms with Gasteiger partial charge in [-0.25, -0.2) is 0 Å². The molecule has 1 aromatic heterocycles. The van der Waals surface area contributed by atoms with E-state index >= 15 is 0 Å². The van der Waals surface area contributed by atoms with Crippen LogP contribution in [0.2, 0.25) is 0 Å². The van der Waals surface area contributed by atoms with Gasteiger partial charge in [0.25, 0.3) is 11.8 Å². The maximum Gasteiger partial charge on any atom is 0.416 e. The molecule has 1 N–H and O–H groups in total. The van der Waals surface area contributed by atoms with Crippen LogP contribution in [0.15, 0.2) is 65.3 Å². The maximum atomic E-state index is 13.5. The number of amides is 3. The maximum absolute atomic E-state index is 13.5. The van der Waals surface area contributed by atoms with Crippen molar-refractivity contribution in [1.29, 1.82) is 0 Å². The number of carbonyl (C=O) groups is 3. The minimum atomic E-state index is -5.14. The van der Waals surface area contributed by atoms with Crippen LogP contribution in [0.25, 0.3) is 0 Å². The van der Waals surface area contributed by atoms with Gasteiger partial charge in [-0.1, -0.05) is 18.2 Å². The van der Waals surface area contributed by atoms with E-state index in [1.807, 2.05) is 0 Å². The van der Waals surface area contributed by atoms with Crippen molar-refractivity contribution in [3.8, 4) is 0 Å². The van der Waals surface area contributed by atoms with Crippen LogP contribution in [-0.4, -0.2) is 29.7 Å². The number of benzene rings is 2. The SMILES string of the molecule is CN1C(=O)c2ccccc2[C@H](C(=O)NC(=O)c2ccco2)[C@H]1c1cc(C(F)(F)F)cc(C(F)(F)F)c1. The summed E-state index contributed by atoms with van der Waals surface area (Å²) < 4.78 is 86.0. The molecule has 6 nitrogen and oxygen atoms in total. The molecule has 0 spiro atoms. The molecule has 0 radical (unpaired) electrons. The molecule has 2 heterocycles. The standard InChI is InChI=1S/C24H16F6N2O4/c1-32-19(12-9-13(23(25,26)27)11-14(10-12)24(28,29)30)18(15-5-2-3-6-16(15)22(32)35)21(34)31-20(33)17-7-4-8-36-17/h2-11,18-19H,1H3,(H,31,33,34)/t18-,19+/m0/s1. The molecule has 188 valence electrons. The van der Waals surface area contributed by atoms with Crippen LogP contribution in [0.5, 0.6) is 0 Å². The van der Waals surface area contributed by atoms with Gasteiger partial charge >= 0.3 is 12.4 Å². The van der Waals surface area contributed by atoms with Crippen LogP contribution in [0.3, 0.4) is 0 Å². The van der Waals surface area contributed by atoms with Crippen molar-refractivity contribution in [2.24, 2.45) is 0 Å². The first-order valence-corrected chi connectivity index (χ1v) is 10.3. The molecule has 3 aromatic rings. The molecule has 0 aliphatic carbocycles. The zero-order valence-corrected chi connectivity index (χ0v) is 18.3. The molecule has 0 fully saturated rings. The molecular weight excluding hydrogens is 494 g/mol. The van der Waals surface area contributed by atoms with E-state index in [1.54, 1.807) is 0 Å². The number of halogens is 6. The Morgan fingerprint density at radius 2 is 1.53 bits per heavy atom. The minimum absolute atomic E-state index is 0.0184. The molecule has 1 aliphatic heterocycles. The Bertz CT molecular complexity index is 1300. The van der Waals surface area contributed by atoms with Crippen LogP contribution in [-0.2, 0) is 17.1 Å². The van der Waals surface area contributed by atoms with E-state index in [0.29, 0.717) is 12.1 Å². The van der Waals surface area contributed by atoms with Crippen molar-refractivity contribution in [2.75, 3.05) is 7.05 Å². The average Bonchev–Trinajstić information content (AvgIpc) is 3.35. The van der Waals surface area contributed by atoms with Crippen molar-refractivity contribution in [3.05, 3.63) is 94.4 Å². The molecule has 2 atom stereocenters. The highest BCUT2D eigenvalue weighted by Crippen LogP contribution is 2.45. The first-order valence-electron chi connectivity index (χ1n) is 10.3. The number of fused-ring (bicyclic) bond motifs is 1. The lowest BCUT2D eigenvalue weighted by molar-refractivity contribution is -0.143. The highest BCUT2D eigenvalue weighted by Gasteiger charge is 2.45. The highest BCUT2D eigenvalue weighted by atomic mass is 19.4. The van der Waals surface area contributed by atoms with Crippen LogP contribution in [0.4, 0.5) is 26.3 Å². The third-order valence-electron chi connectivity index (χ3n) is 5.80. The molecule has 2 aromatic carbocycles. The monoisotopic (exact) mass is 510 g/mol. The summed E-state index contributed by atoms with van der Waals surface area (Å²) in [6, 6.07) is 7.59. The zero-order valence-electron chi connectivity index (χ0n) is 18.3. The second kappa shape index (κ2) is 8.85. The summed E-state index contributed by atoms with van der Waals surface area (Å²) in [4.78, 5) is 39.6. The fourth-order valence-electron chi connectivity index (χ4n) is 4.18. The first-order chi connectivity index (χ1) is 16.8. The van der Waals surface area contributed by atoms with Crippen molar-refractivity contribution in [1.82, 2.24) is 10.2 Å². The van der Waals surface area contributed by atoms with Gasteiger partial charge in [0.05, 0.1) is 29.3 Å². The van der Waals surface area contributed by atoms with E-state index in [1.165, 1.54) is 42.7 Å². The Morgan fingerprint density at radius 3 is 2.08 bits per heavy atom. The number of alkyl halides is 6. The predicted molar refractivity (Wildman–Crippen MR) is 112 cm³/mol. The van der Waals surface area contributed by atoms with Gasteiger partial charge in [-0.15, -0.1) is 0 Å². The fourth-order valence-corrected chi connectivity index (χ4v) is 4.18. The summed E-state index contributed by atoms with van der Waals surface area (Å²) in [6.45, 7) is 0. The van der Waals surface area contributed by atoms with E-state index in [2.05, 4.69) is 5.32 Å².